The Kier molecular flexibility index (Phi) is 4.14. The fourth-order valence-corrected chi connectivity index (χ4v) is 4.59. The van der Waals surface area contributed by atoms with Crippen LogP contribution in [0.1, 0.15) is 46.0 Å². The predicted molar refractivity (Wildman–Crippen MR) is 79.9 cm³/mol. The highest BCUT2D eigenvalue weighted by Crippen LogP contribution is 2.60. The molecule has 0 bridgehead atoms. The molecule has 0 aromatic rings. The Balaban J connectivity index is 1.60. The maximum atomic E-state index is 12.3. The summed E-state index contributed by atoms with van der Waals surface area (Å²) in [6.07, 6.45) is 6.32. The summed E-state index contributed by atoms with van der Waals surface area (Å²) < 4.78 is 5.93. The number of hydrogen-bond donors (Lipinski definition) is 3. The standard InChI is InChI=1S/C16H28N2O3/c1-10(9-19)11(2)17-15(20)18-13-12-5-8-21-14(12)16(13)6-3-4-7-16/h10-14,19H,3-9H2,1-2H3,(H2,17,18,20). The zero-order valence-electron chi connectivity index (χ0n) is 13.1. The number of nitrogens with one attached hydrogen (secondary N) is 2. The van der Waals surface area contributed by atoms with Gasteiger partial charge >= 0.3 is 6.03 Å². The summed E-state index contributed by atoms with van der Waals surface area (Å²) in [6.45, 7) is 4.81. The van der Waals surface area contributed by atoms with Gasteiger partial charge in [0.1, 0.15) is 0 Å². The molecule has 5 nitrogen and oxygen atoms in total. The van der Waals surface area contributed by atoms with Gasteiger partial charge in [0.15, 0.2) is 0 Å². The molecule has 5 heteroatoms. The molecular weight excluding hydrogens is 268 g/mol. The molecular formula is C16H28N2O3. The first-order valence-electron chi connectivity index (χ1n) is 8.38. The molecule has 3 fully saturated rings. The minimum atomic E-state index is -0.0931. The van der Waals surface area contributed by atoms with Gasteiger partial charge in [0.2, 0.25) is 0 Å². The third kappa shape index (κ3) is 2.44. The van der Waals surface area contributed by atoms with Gasteiger partial charge in [0.25, 0.3) is 0 Å². The van der Waals surface area contributed by atoms with Crippen molar-refractivity contribution >= 4 is 6.03 Å². The second-order valence-corrected chi connectivity index (χ2v) is 7.23. The molecule has 5 atom stereocenters. The summed E-state index contributed by atoms with van der Waals surface area (Å²) in [7, 11) is 0. The van der Waals surface area contributed by atoms with Gasteiger partial charge in [-0.3, -0.25) is 0 Å². The lowest BCUT2D eigenvalue weighted by Crippen LogP contribution is -2.69. The normalized spacial score (nSPS) is 35.9. The Labute approximate surface area is 126 Å². The van der Waals surface area contributed by atoms with Crippen molar-refractivity contribution in [2.75, 3.05) is 13.2 Å². The highest BCUT2D eigenvalue weighted by Gasteiger charge is 2.65. The molecule has 21 heavy (non-hydrogen) atoms. The number of aliphatic hydroxyl groups excluding tert-OH is 1. The van der Waals surface area contributed by atoms with E-state index in [1.54, 1.807) is 0 Å². The fraction of sp³-hybridized carbons (Fsp3) is 0.938. The van der Waals surface area contributed by atoms with Crippen LogP contribution in [0.2, 0.25) is 0 Å². The first-order valence-corrected chi connectivity index (χ1v) is 8.38. The number of aliphatic hydroxyl groups is 1. The molecule has 5 unspecified atom stereocenters. The Bertz CT molecular complexity index is 395. The number of carbonyl (C=O) groups is 1. The molecule has 0 aromatic heterocycles. The van der Waals surface area contributed by atoms with Gasteiger partial charge in [-0.2, -0.15) is 0 Å². The highest BCUT2D eigenvalue weighted by atomic mass is 16.5. The number of amides is 2. The van der Waals surface area contributed by atoms with Gasteiger partial charge in [-0.25, -0.2) is 4.79 Å². The lowest BCUT2D eigenvalue weighted by molar-refractivity contribution is -0.126. The number of carbonyl (C=O) groups excluding carboxylic acids is 1. The molecule has 1 spiro atoms. The van der Waals surface area contributed by atoms with E-state index >= 15 is 0 Å². The van der Waals surface area contributed by atoms with Crippen LogP contribution in [0.4, 0.5) is 4.79 Å². The monoisotopic (exact) mass is 296 g/mol. The van der Waals surface area contributed by atoms with Crippen LogP contribution in [0.3, 0.4) is 0 Å². The lowest BCUT2D eigenvalue weighted by Gasteiger charge is -2.56. The van der Waals surface area contributed by atoms with E-state index in [1.165, 1.54) is 25.7 Å². The Hall–Kier alpha value is -0.810. The van der Waals surface area contributed by atoms with Crippen molar-refractivity contribution in [3.05, 3.63) is 0 Å². The maximum absolute atomic E-state index is 12.3. The smallest absolute Gasteiger partial charge is 0.315 e. The minimum absolute atomic E-state index is 0.0229. The Morgan fingerprint density at radius 2 is 2.10 bits per heavy atom. The summed E-state index contributed by atoms with van der Waals surface area (Å²) in [5, 5.41) is 15.3. The number of fused-ring (bicyclic) bond motifs is 2. The second-order valence-electron chi connectivity index (χ2n) is 7.23. The molecule has 1 saturated heterocycles. The largest absolute Gasteiger partial charge is 0.396 e. The van der Waals surface area contributed by atoms with E-state index in [1.807, 2.05) is 13.8 Å². The van der Waals surface area contributed by atoms with Crippen molar-refractivity contribution in [2.24, 2.45) is 17.3 Å². The van der Waals surface area contributed by atoms with Crippen LogP contribution in [0.25, 0.3) is 0 Å². The molecule has 2 saturated carbocycles. The van der Waals surface area contributed by atoms with Crippen molar-refractivity contribution in [2.45, 2.75) is 64.1 Å². The first kappa shape index (κ1) is 15.1. The molecule has 2 amide bonds. The van der Waals surface area contributed by atoms with Crippen LogP contribution >= 0.6 is 0 Å². The Morgan fingerprint density at radius 1 is 1.38 bits per heavy atom. The maximum Gasteiger partial charge on any atom is 0.315 e. The molecule has 1 aliphatic heterocycles. The van der Waals surface area contributed by atoms with E-state index in [4.69, 9.17) is 9.84 Å². The molecule has 0 radical (unpaired) electrons. The van der Waals surface area contributed by atoms with Crippen LogP contribution in [-0.2, 0) is 4.74 Å². The van der Waals surface area contributed by atoms with Gasteiger partial charge in [-0.1, -0.05) is 19.8 Å². The summed E-state index contributed by atoms with van der Waals surface area (Å²) in [5.41, 5.74) is 0.199. The average Bonchev–Trinajstić information content (AvgIpc) is 3.11. The SMILES string of the molecule is CC(CO)C(C)NC(=O)NC1C2CCOC2C12CCCC2. The molecule has 1 heterocycles. The molecule has 0 aromatic carbocycles. The third-order valence-corrected chi connectivity index (χ3v) is 6.07. The number of hydrogen-bond acceptors (Lipinski definition) is 3. The van der Waals surface area contributed by atoms with Crippen LogP contribution in [0.5, 0.6) is 0 Å². The molecule has 3 N–H and O–H groups in total. The highest BCUT2D eigenvalue weighted by molar-refractivity contribution is 5.75. The molecule has 2 aliphatic carbocycles. The zero-order valence-corrected chi connectivity index (χ0v) is 13.1. The van der Waals surface area contributed by atoms with Gasteiger partial charge in [0.05, 0.1) is 6.10 Å². The van der Waals surface area contributed by atoms with Crippen molar-refractivity contribution in [1.29, 1.82) is 0 Å². The van der Waals surface area contributed by atoms with Crippen molar-refractivity contribution in [3.63, 3.8) is 0 Å². The molecule has 120 valence electrons. The summed E-state index contributed by atoms with van der Waals surface area (Å²) >= 11 is 0. The van der Waals surface area contributed by atoms with E-state index in [0.717, 1.165) is 13.0 Å². The quantitative estimate of drug-likeness (QED) is 0.739. The van der Waals surface area contributed by atoms with Crippen LogP contribution in [0, 0.1) is 17.3 Å². The van der Waals surface area contributed by atoms with Crippen molar-refractivity contribution < 1.29 is 14.6 Å². The molecule has 3 aliphatic rings. The zero-order chi connectivity index (χ0) is 15.0. The second kappa shape index (κ2) is 5.76. The third-order valence-electron chi connectivity index (χ3n) is 6.07. The predicted octanol–water partition coefficient (Wildman–Crippen LogP) is 1.65. The van der Waals surface area contributed by atoms with E-state index in [2.05, 4.69) is 10.6 Å². The summed E-state index contributed by atoms with van der Waals surface area (Å²) in [6, 6.07) is 0.152. The fourth-order valence-electron chi connectivity index (χ4n) is 4.59. The van der Waals surface area contributed by atoms with E-state index in [0.29, 0.717) is 12.0 Å². The lowest BCUT2D eigenvalue weighted by atomic mass is 9.54. The van der Waals surface area contributed by atoms with E-state index in [-0.39, 0.29) is 36.1 Å². The summed E-state index contributed by atoms with van der Waals surface area (Å²) in [5.74, 6) is 0.569. The molecule has 3 rings (SSSR count). The Morgan fingerprint density at radius 3 is 2.76 bits per heavy atom. The van der Waals surface area contributed by atoms with Gasteiger partial charge in [0, 0.05) is 36.6 Å². The number of urea groups is 1. The van der Waals surface area contributed by atoms with Crippen molar-refractivity contribution in [1.82, 2.24) is 10.6 Å². The minimum Gasteiger partial charge on any atom is -0.396 e. The number of rotatable bonds is 4. The van der Waals surface area contributed by atoms with Crippen LogP contribution in [0.15, 0.2) is 0 Å². The topological polar surface area (TPSA) is 70.6 Å². The van der Waals surface area contributed by atoms with Crippen LogP contribution in [-0.4, -0.2) is 42.5 Å². The first-order chi connectivity index (χ1) is 10.1. The van der Waals surface area contributed by atoms with Crippen LogP contribution < -0.4 is 10.6 Å². The number of ether oxygens (including phenoxy) is 1. The summed E-state index contributed by atoms with van der Waals surface area (Å²) in [4.78, 5) is 12.3. The van der Waals surface area contributed by atoms with Gasteiger partial charge in [-0.05, 0) is 32.1 Å². The van der Waals surface area contributed by atoms with Crippen molar-refractivity contribution in [3.8, 4) is 0 Å². The average molecular weight is 296 g/mol. The van der Waals surface area contributed by atoms with Gasteiger partial charge < -0.3 is 20.5 Å². The van der Waals surface area contributed by atoms with E-state index < -0.39 is 0 Å². The van der Waals surface area contributed by atoms with E-state index in [9.17, 15) is 4.79 Å². The van der Waals surface area contributed by atoms with Gasteiger partial charge in [-0.15, -0.1) is 0 Å².